The molecule has 0 aromatic heterocycles. The highest BCUT2D eigenvalue weighted by molar-refractivity contribution is 5.95. The number of rotatable bonds is 4. The molecule has 1 heterocycles. The highest BCUT2D eigenvalue weighted by atomic mass is 19.1. The number of fused-ring (bicyclic) bond motifs is 1. The minimum Gasteiger partial charge on any atom is -0.452 e. The van der Waals surface area contributed by atoms with Crippen LogP contribution in [0.3, 0.4) is 0 Å². The number of esters is 1. The maximum absolute atomic E-state index is 13.6. The summed E-state index contributed by atoms with van der Waals surface area (Å²) in [5.74, 6) is -1.46. The molecule has 2 aromatic carbocycles. The van der Waals surface area contributed by atoms with Crippen molar-refractivity contribution in [2.75, 3.05) is 11.9 Å². The van der Waals surface area contributed by atoms with Gasteiger partial charge in [-0.1, -0.05) is 18.6 Å². The number of nitrogens with one attached hydrogen (secondary N) is 1. The maximum atomic E-state index is 13.6. The summed E-state index contributed by atoms with van der Waals surface area (Å²) < 4.78 is 30.5. The Morgan fingerprint density at radius 2 is 1.79 bits per heavy atom. The van der Waals surface area contributed by atoms with Gasteiger partial charge in [0.15, 0.2) is 18.1 Å². The lowest BCUT2D eigenvalue weighted by Crippen LogP contribution is -2.40. The Morgan fingerprint density at radius 1 is 1.04 bits per heavy atom. The van der Waals surface area contributed by atoms with E-state index in [2.05, 4.69) is 5.32 Å². The van der Waals surface area contributed by atoms with E-state index in [0.29, 0.717) is 17.2 Å². The van der Waals surface area contributed by atoms with E-state index in [0.717, 1.165) is 31.7 Å². The summed E-state index contributed by atoms with van der Waals surface area (Å²) in [5, 5.41) is 2.64. The fourth-order valence-electron chi connectivity index (χ4n) is 3.50. The molecule has 0 bridgehead atoms. The zero-order valence-corrected chi connectivity index (χ0v) is 15.2. The first kappa shape index (κ1) is 18.3. The van der Waals surface area contributed by atoms with Crippen LogP contribution in [0.5, 0.6) is 11.5 Å². The van der Waals surface area contributed by atoms with E-state index in [1.807, 2.05) is 0 Å². The number of carbonyl (C=O) groups excluding carboxylic acids is 2. The monoisotopic (exact) mass is 385 g/mol. The number of carbonyl (C=O) groups is 2. The average molecular weight is 385 g/mol. The van der Waals surface area contributed by atoms with Gasteiger partial charge in [-0.05, 0) is 37.1 Å². The van der Waals surface area contributed by atoms with E-state index in [1.165, 1.54) is 24.6 Å². The van der Waals surface area contributed by atoms with E-state index in [-0.39, 0.29) is 5.56 Å². The van der Waals surface area contributed by atoms with Gasteiger partial charge in [-0.25, -0.2) is 9.18 Å². The molecule has 1 fully saturated rings. The van der Waals surface area contributed by atoms with Crippen LogP contribution in [0, 0.1) is 5.82 Å². The molecule has 6 nitrogen and oxygen atoms in total. The molecule has 1 N–H and O–H groups in total. The molecule has 146 valence electrons. The number of benzene rings is 2. The first-order chi connectivity index (χ1) is 13.5. The zero-order chi connectivity index (χ0) is 19.6. The molecular formula is C21H20FNO5. The first-order valence-electron chi connectivity index (χ1n) is 9.28. The van der Waals surface area contributed by atoms with Crippen LogP contribution in [0.4, 0.5) is 10.1 Å². The normalized spacial score (nSPS) is 16.6. The van der Waals surface area contributed by atoms with Gasteiger partial charge in [0, 0.05) is 24.6 Å². The van der Waals surface area contributed by atoms with E-state index >= 15 is 0 Å². The quantitative estimate of drug-likeness (QED) is 0.804. The van der Waals surface area contributed by atoms with Gasteiger partial charge in [0.1, 0.15) is 5.82 Å². The molecule has 7 heteroatoms. The number of ether oxygens (including phenoxy) is 3. The van der Waals surface area contributed by atoms with Gasteiger partial charge >= 0.3 is 5.97 Å². The predicted molar refractivity (Wildman–Crippen MR) is 98.8 cm³/mol. The van der Waals surface area contributed by atoms with Gasteiger partial charge in [0.05, 0.1) is 5.56 Å². The Hall–Kier alpha value is -3.09. The molecule has 2 aromatic rings. The fourth-order valence-corrected chi connectivity index (χ4v) is 3.50. The summed E-state index contributed by atoms with van der Waals surface area (Å²) in [6.07, 6.45) is 4.98. The lowest BCUT2D eigenvalue weighted by Gasteiger charge is -2.31. The molecule has 1 amide bonds. The van der Waals surface area contributed by atoms with Crippen molar-refractivity contribution in [1.82, 2.24) is 0 Å². The van der Waals surface area contributed by atoms with Crippen LogP contribution >= 0.6 is 0 Å². The Balaban J connectivity index is 1.34. The fraction of sp³-hybridized carbons (Fsp3) is 0.333. The second-order valence-corrected chi connectivity index (χ2v) is 6.94. The van der Waals surface area contributed by atoms with Gasteiger partial charge < -0.3 is 19.5 Å². The molecule has 0 atom stereocenters. The van der Waals surface area contributed by atoms with Crippen molar-refractivity contribution in [3.8, 4) is 11.5 Å². The highest BCUT2D eigenvalue weighted by Gasteiger charge is 2.42. The Bertz CT molecular complexity index is 907. The molecule has 2 aliphatic rings. The van der Waals surface area contributed by atoms with E-state index in [9.17, 15) is 14.0 Å². The molecule has 0 radical (unpaired) electrons. The van der Waals surface area contributed by atoms with Crippen LogP contribution in [0.2, 0.25) is 0 Å². The largest absolute Gasteiger partial charge is 0.452 e. The van der Waals surface area contributed by atoms with Gasteiger partial charge in [-0.2, -0.15) is 0 Å². The lowest BCUT2D eigenvalue weighted by atomic mass is 9.94. The summed E-state index contributed by atoms with van der Waals surface area (Å²) in [6.45, 7) is -0.522. The molecule has 1 spiro atoms. The molecule has 1 aliphatic heterocycles. The van der Waals surface area contributed by atoms with Crippen LogP contribution in [0.15, 0.2) is 42.5 Å². The molecule has 28 heavy (non-hydrogen) atoms. The third kappa shape index (κ3) is 3.78. The van der Waals surface area contributed by atoms with E-state index in [1.54, 1.807) is 18.2 Å². The maximum Gasteiger partial charge on any atom is 0.341 e. The second-order valence-electron chi connectivity index (χ2n) is 6.94. The first-order valence-corrected chi connectivity index (χ1v) is 9.28. The number of amides is 1. The minimum absolute atomic E-state index is 0.212. The number of halogens is 1. The van der Waals surface area contributed by atoms with Crippen LogP contribution in [-0.2, 0) is 9.53 Å². The molecule has 0 unspecified atom stereocenters. The van der Waals surface area contributed by atoms with Gasteiger partial charge in [0.25, 0.3) is 11.7 Å². The van der Waals surface area contributed by atoms with Crippen LogP contribution in [0.25, 0.3) is 0 Å². The summed E-state index contributed by atoms with van der Waals surface area (Å²) in [6, 6.07) is 10.6. The summed E-state index contributed by atoms with van der Waals surface area (Å²) in [4.78, 5) is 23.9. The van der Waals surface area contributed by atoms with E-state index < -0.39 is 30.1 Å². The van der Waals surface area contributed by atoms with Gasteiger partial charge in [0.2, 0.25) is 0 Å². The Morgan fingerprint density at radius 3 is 2.57 bits per heavy atom. The molecule has 1 aliphatic carbocycles. The third-order valence-corrected chi connectivity index (χ3v) is 4.86. The van der Waals surface area contributed by atoms with Crippen molar-refractivity contribution < 1.29 is 28.2 Å². The van der Waals surface area contributed by atoms with Crippen molar-refractivity contribution in [3.63, 3.8) is 0 Å². The van der Waals surface area contributed by atoms with Crippen molar-refractivity contribution in [2.45, 2.75) is 37.9 Å². The minimum atomic E-state index is -0.891. The Labute approximate surface area is 161 Å². The van der Waals surface area contributed by atoms with Gasteiger partial charge in [-0.15, -0.1) is 0 Å². The second kappa shape index (κ2) is 7.50. The van der Waals surface area contributed by atoms with Crippen LogP contribution in [0.1, 0.15) is 42.5 Å². The SMILES string of the molecule is O=C(COC(=O)c1ccccc1F)Nc1ccc2c(c1)OC1(CCCCC1)O2. The standard InChI is InChI=1S/C21H20FNO5/c22-16-7-3-2-6-15(16)20(25)26-13-19(24)23-14-8-9-17-18(12-14)28-21(27-17)10-4-1-5-11-21/h2-3,6-9,12H,1,4-5,10-11,13H2,(H,23,24). The smallest absolute Gasteiger partial charge is 0.341 e. The summed E-state index contributed by atoms with van der Waals surface area (Å²) >= 11 is 0. The highest BCUT2D eigenvalue weighted by Crippen LogP contribution is 2.46. The molecule has 1 saturated carbocycles. The topological polar surface area (TPSA) is 73.9 Å². The van der Waals surface area contributed by atoms with Crippen molar-refractivity contribution >= 4 is 17.6 Å². The third-order valence-electron chi connectivity index (χ3n) is 4.86. The van der Waals surface area contributed by atoms with Crippen molar-refractivity contribution in [1.29, 1.82) is 0 Å². The summed E-state index contributed by atoms with van der Waals surface area (Å²) in [7, 11) is 0. The van der Waals surface area contributed by atoms with Gasteiger partial charge in [-0.3, -0.25) is 4.79 Å². The number of hydrogen-bond acceptors (Lipinski definition) is 5. The van der Waals surface area contributed by atoms with Crippen molar-refractivity contribution in [3.05, 3.63) is 53.8 Å². The number of anilines is 1. The van der Waals surface area contributed by atoms with Crippen LogP contribution < -0.4 is 14.8 Å². The zero-order valence-electron chi connectivity index (χ0n) is 15.2. The van der Waals surface area contributed by atoms with Crippen LogP contribution in [-0.4, -0.2) is 24.3 Å². The Kier molecular flexibility index (Phi) is 4.90. The molecule has 0 saturated heterocycles. The predicted octanol–water partition coefficient (Wildman–Crippen LogP) is 4.05. The van der Waals surface area contributed by atoms with E-state index in [4.69, 9.17) is 14.2 Å². The summed E-state index contributed by atoms with van der Waals surface area (Å²) in [5.41, 5.74) is 0.290. The molecular weight excluding hydrogens is 365 g/mol. The average Bonchev–Trinajstić information content (AvgIpc) is 3.03. The molecule has 4 rings (SSSR count). The lowest BCUT2D eigenvalue weighted by molar-refractivity contribution is -0.119. The van der Waals surface area contributed by atoms with Crippen molar-refractivity contribution in [2.24, 2.45) is 0 Å². The number of hydrogen-bond donors (Lipinski definition) is 1.